The first-order valence-electron chi connectivity index (χ1n) is 13.0. The summed E-state index contributed by atoms with van der Waals surface area (Å²) in [5, 5.41) is 11.8. The molecule has 4 aromatic rings. The van der Waals surface area contributed by atoms with Crippen LogP contribution in [0.1, 0.15) is 50.4 Å². The number of carbonyl (C=O) groups excluding carboxylic acids is 2. The van der Waals surface area contributed by atoms with Gasteiger partial charge in [-0.3, -0.25) is 14.5 Å². The molecule has 2 heterocycles. The van der Waals surface area contributed by atoms with Gasteiger partial charge in [0.05, 0.1) is 34.5 Å². The van der Waals surface area contributed by atoms with Crippen molar-refractivity contribution in [2.24, 2.45) is 0 Å². The largest absolute Gasteiger partial charge is 0.507 e. The number of Topliss-reactive ketones (excluding diaryl/α,β-unsaturated/α-hetero) is 1. The molecule has 1 aliphatic rings. The number of aliphatic hydroxyl groups excluding tert-OH is 1. The second kappa shape index (κ2) is 10.9. The third-order valence-electron chi connectivity index (χ3n) is 6.51. The molecule has 1 aromatic heterocycles. The number of ketones is 1. The molecule has 39 heavy (non-hydrogen) atoms. The summed E-state index contributed by atoms with van der Waals surface area (Å²) in [6.45, 7) is 8.36. The molecular formula is C31H30N2O5S. The molecule has 1 N–H and O–H groups in total. The number of fused-ring (bicyclic) bond motifs is 1. The minimum absolute atomic E-state index is 0.00287. The van der Waals surface area contributed by atoms with Crippen LogP contribution in [0.2, 0.25) is 0 Å². The number of hydrogen-bond donors (Lipinski definition) is 1. The van der Waals surface area contributed by atoms with Gasteiger partial charge in [-0.1, -0.05) is 36.5 Å². The Balaban J connectivity index is 1.65. The van der Waals surface area contributed by atoms with Gasteiger partial charge < -0.3 is 14.6 Å². The van der Waals surface area contributed by atoms with Crippen molar-refractivity contribution in [3.63, 3.8) is 0 Å². The molecule has 7 nitrogen and oxygen atoms in total. The predicted octanol–water partition coefficient (Wildman–Crippen LogP) is 6.67. The molecule has 0 aliphatic carbocycles. The number of ether oxygens (including phenoxy) is 2. The fourth-order valence-corrected chi connectivity index (χ4v) is 5.71. The van der Waals surface area contributed by atoms with E-state index in [0.717, 1.165) is 22.2 Å². The summed E-state index contributed by atoms with van der Waals surface area (Å²) in [5.74, 6) is -0.426. The molecule has 8 heteroatoms. The van der Waals surface area contributed by atoms with Crippen molar-refractivity contribution in [1.29, 1.82) is 0 Å². The third-order valence-corrected chi connectivity index (χ3v) is 7.52. The number of thiazole rings is 1. The summed E-state index contributed by atoms with van der Waals surface area (Å²) in [7, 11) is 0. The van der Waals surface area contributed by atoms with Gasteiger partial charge in [0.2, 0.25) is 0 Å². The Morgan fingerprint density at radius 3 is 2.33 bits per heavy atom. The Kier molecular flexibility index (Phi) is 7.39. The molecule has 0 spiro atoms. The Hall–Kier alpha value is -4.17. The maximum absolute atomic E-state index is 13.5. The van der Waals surface area contributed by atoms with E-state index in [1.54, 1.807) is 36.4 Å². The van der Waals surface area contributed by atoms with Crippen molar-refractivity contribution in [3.8, 4) is 11.5 Å². The molecule has 3 aromatic carbocycles. The zero-order valence-corrected chi connectivity index (χ0v) is 23.1. The minimum Gasteiger partial charge on any atom is -0.507 e. The standard InChI is InChI=1S/C31H30N2O5S/c1-5-19-7-16-24-25(17-19)39-31(32-24)33-27(20-8-14-23(15-9-20)38-18(3)4)26(29(35)30(33)36)28(34)21-10-12-22(13-11-21)37-6-2/h7-18,27,34H,5-6H2,1-4H3/b28-26+/t27-/m0/s1. The van der Waals surface area contributed by atoms with Crippen molar-refractivity contribution < 1.29 is 24.2 Å². The van der Waals surface area contributed by atoms with Crippen LogP contribution in [0.25, 0.3) is 16.0 Å². The SMILES string of the molecule is CCOc1ccc(/C(O)=C2\C(=O)C(=O)N(c3nc4ccc(CC)cc4s3)[C@H]2c2ccc(OC(C)C)cc2)cc1. The quantitative estimate of drug-likeness (QED) is 0.152. The van der Waals surface area contributed by atoms with Crippen LogP contribution in [0.3, 0.4) is 0 Å². The highest BCUT2D eigenvalue weighted by Gasteiger charge is 2.48. The van der Waals surface area contributed by atoms with Crippen LogP contribution in [0.4, 0.5) is 5.13 Å². The minimum atomic E-state index is -0.865. The van der Waals surface area contributed by atoms with Gasteiger partial charge in [-0.15, -0.1) is 0 Å². The van der Waals surface area contributed by atoms with Gasteiger partial charge in [0.1, 0.15) is 17.3 Å². The Bertz CT molecular complexity index is 1550. The fourth-order valence-electron chi connectivity index (χ4n) is 4.66. The first-order valence-corrected chi connectivity index (χ1v) is 13.8. The van der Waals surface area contributed by atoms with E-state index < -0.39 is 17.7 Å². The van der Waals surface area contributed by atoms with Gasteiger partial charge >= 0.3 is 5.91 Å². The molecule has 0 radical (unpaired) electrons. The lowest BCUT2D eigenvalue weighted by Crippen LogP contribution is -2.29. The lowest BCUT2D eigenvalue weighted by molar-refractivity contribution is -0.132. The number of amides is 1. The summed E-state index contributed by atoms with van der Waals surface area (Å²) in [4.78, 5) is 33.2. The number of hydrogen-bond acceptors (Lipinski definition) is 7. The average Bonchev–Trinajstić information content (AvgIpc) is 3.46. The van der Waals surface area contributed by atoms with E-state index in [1.165, 1.54) is 16.2 Å². The maximum Gasteiger partial charge on any atom is 0.301 e. The number of aromatic nitrogens is 1. The molecule has 0 bridgehead atoms. The molecule has 0 unspecified atom stereocenters. The highest BCUT2D eigenvalue weighted by Crippen LogP contribution is 2.44. The van der Waals surface area contributed by atoms with Crippen molar-refractivity contribution in [2.45, 2.75) is 46.3 Å². The molecule has 200 valence electrons. The van der Waals surface area contributed by atoms with E-state index in [4.69, 9.17) is 14.5 Å². The topological polar surface area (TPSA) is 89.0 Å². The second-order valence-electron chi connectivity index (χ2n) is 9.51. The number of anilines is 1. The number of benzene rings is 3. The monoisotopic (exact) mass is 542 g/mol. The summed E-state index contributed by atoms with van der Waals surface area (Å²) in [6, 6.07) is 19.2. The van der Waals surface area contributed by atoms with Gasteiger partial charge in [0.25, 0.3) is 5.78 Å². The van der Waals surface area contributed by atoms with Crippen molar-refractivity contribution in [3.05, 3.63) is 89.0 Å². The molecule has 1 fully saturated rings. The Morgan fingerprint density at radius 2 is 1.69 bits per heavy atom. The molecular weight excluding hydrogens is 512 g/mol. The zero-order chi connectivity index (χ0) is 27.7. The van der Waals surface area contributed by atoms with Gasteiger partial charge in [-0.2, -0.15) is 0 Å². The van der Waals surface area contributed by atoms with Crippen LogP contribution in [0, 0.1) is 0 Å². The molecule has 1 saturated heterocycles. The first kappa shape index (κ1) is 26.4. The lowest BCUT2D eigenvalue weighted by Gasteiger charge is -2.23. The fraction of sp³-hybridized carbons (Fsp3) is 0.258. The van der Waals surface area contributed by atoms with Gasteiger partial charge in [-0.05, 0) is 86.8 Å². The predicted molar refractivity (Wildman–Crippen MR) is 154 cm³/mol. The molecule has 1 atom stereocenters. The van der Waals surface area contributed by atoms with Crippen molar-refractivity contribution in [1.82, 2.24) is 4.98 Å². The van der Waals surface area contributed by atoms with E-state index >= 15 is 0 Å². The number of aliphatic hydroxyl groups is 1. The van der Waals surface area contributed by atoms with E-state index in [2.05, 4.69) is 13.0 Å². The van der Waals surface area contributed by atoms with Crippen LogP contribution in [0.5, 0.6) is 11.5 Å². The molecule has 5 rings (SSSR count). The Labute approximate surface area is 231 Å². The number of carbonyl (C=O) groups is 2. The van der Waals surface area contributed by atoms with E-state index in [-0.39, 0.29) is 17.4 Å². The zero-order valence-electron chi connectivity index (χ0n) is 22.3. The van der Waals surface area contributed by atoms with Crippen LogP contribution >= 0.6 is 11.3 Å². The number of aryl methyl sites for hydroxylation is 1. The number of nitrogens with zero attached hydrogens (tertiary/aromatic N) is 2. The summed E-state index contributed by atoms with van der Waals surface area (Å²) < 4.78 is 12.2. The van der Waals surface area contributed by atoms with Crippen LogP contribution in [0.15, 0.2) is 72.3 Å². The third kappa shape index (κ3) is 5.12. The summed E-state index contributed by atoms with van der Waals surface area (Å²) in [6.07, 6.45) is 0.873. The van der Waals surface area contributed by atoms with Gasteiger partial charge in [0.15, 0.2) is 5.13 Å². The van der Waals surface area contributed by atoms with Gasteiger partial charge in [-0.25, -0.2) is 4.98 Å². The smallest absolute Gasteiger partial charge is 0.301 e. The van der Waals surface area contributed by atoms with E-state index in [1.807, 2.05) is 45.0 Å². The highest BCUT2D eigenvalue weighted by molar-refractivity contribution is 7.22. The van der Waals surface area contributed by atoms with E-state index in [0.29, 0.717) is 34.4 Å². The lowest BCUT2D eigenvalue weighted by atomic mass is 9.95. The molecule has 1 amide bonds. The van der Waals surface area contributed by atoms with E-state index in [9.17, 15) is 14.7 Å². The molecule has 0 saturated carbocycles. The summed E-state index contributed by atoms with van der Waals surface area (Å²) in [5.41, 5.74) is 2.99. The Morgan fingerprint density at radius 1 is 1.00 bits per heavy atom. The van der Waals surface area contributed by atoms with Crippen LogP contribution in [-0.2, 0) is 16.0 Å². The van der Waals surface area contributed by atoms with Crippen LogP contribution in [-0.4, -0.2) is 34.5 Å². The first-order chi connectivity index (χ1) is 18.8. The maximum atomic E-state index is 13.5. The summed E-state index contributed by atoms with van der Waals surface area (Å²) >= 11 is 1.35. The normalized spacial score (nSPS) is 16.8. The van der Waals surface area contributed by atoms with Crippen molar-refractivity contribution in [2.75, 3.05) is 11.5 Å². The second-order valence-corrected chi connectivity index (χ2v) is 10.5. The van der Waals surface area contributed by atoms with Gasteiger partial charge in [0, 0.05) is 5.56 Å². The van der Waals surface area contributed by atoms with Crippen LogP contribution < -0.4 is 14.4 Å². The van der Waals surface area contributed by atoms with Crippen molar-refractivity contribution >= 4 is 44.1 Å². The number of rotatable bonds is 8. The molecule has 1 aliphatic heterocycles. The highest BCUT2D eigenvalue weighted by atomic mass is 32.1. The average molecular weight is 543 g/mol.